The number of carbonyl (C=O) groups is 1. The van der Waals surface area contributed by atoms with Crippen molar-refractivity contribution in [1.82, 2.24) is 5.32 Å². The first-order valence-corrected chi connectivity index (χ1v) is 9.90. The van der Waals surface area contributed by atoms with Gasteiger partial charge in [-0.2, -0.15) is 0 Å². The summed E-state index contributed by atoms with van der Waals surface area (Å²) >= 11 is 1.40. The molecule has 5 heteroatoms. The van der Waals surface area contributed by atoms with Crippen molar-refractivity contribution in [1.29, 1.82) is 0 Å². The topological polar surface area (TPSA) is 38.3 Å². The van der Waals surface area contributed by atoms with E-state index in [1.54, 1.807) is 12.1 Å². The van der Waals surface area contributed by atoms with E-state index in [1.165, 1.54) is 41.0 Å². The number of benzene rings is 2. The maximum absolute atomic E-state index is 12.9. The first kappa shape index (κ1) is 17.7. The first-order valence-electron chi connectivity index (χ1n) is 9.02. The SMILES string of the molecule is O=C(NCc1ccc(F)cc1)c1cc(COc2ccc3c(c2)CCC3)cs1. The quantitative estimate of drug-likeness (QED) is 0.661. The molecule has 1 N–H and O–H groups in total. The predicted octanol–water partition coefficient (Wildman–Crippen LogP) is 4.88. The number of hydrogen-bond donors (Lipinski definition) is 1. The van der Waals surface area contributed by atoms with E-state index in [9.17, 15) is 9.18 Å². The fourth-order valence-electron chi connectivity index (χ4n) is 3.25. The number of fused-ring (bicyclic) bond motifs is 1. The Morgan fingerprint density at radius 2 is 1.85 bits per heavy atom. The number of ether oxygens (including phenoxy) is 1. The Morgan fingerprint density at radius 1 is 1.04 bits per heavy atom. The number of amides is 1. The first-order chi connectivity index (χ1) is 13.2. The minimum atomic E-state index is -0.281. The van der Waals surface area contributed by atoms with Gasteiger partial charge in [-0.05, 0) is 71.7 Å². The van der Waals surface area contributed by atoms with Gasteiger partial charge in [-0.15, -0.1) is 11.3 Å². The van der Waals surface area contributed by atoms with Crippen LogP contribution in [0.3, 0.4) is 0 Å². The molecule has 138 valence electrons. The molecule has 1 aromatic heterocycles. The van der Waals surface area contributed by atoms with Crippen LogP contribution in [0.1, 0.15) is 38.3 Å². The van der Waals surface area contributed by atoms with Crippen LogP contribution in [0.5, 0.6) is 5.75 Å². The van der Waals surface area contributed by atoms with Crippen molar-refractivity contribution in [3.63, 3.8) is 0 Å². The van der Waals surface area contributed by atoms with Crippen molar-refractivity contribution < 1.29 is 13.9 Å². The second-order valence-corrected chi connectivity index (χ2v) is 7.61. The van der Waals surface area contributed by atoms with Crippen LogP contribution in [-0.2, 0) is 26.0 Å². The van der Waals surface area contributed by atoms with Gasteiger partial charge in [-0.1, -0.05) is 18.2 Å². The number of aryl methyl sites for hydroxylation is 2. The summed E-state index contributed by atoms with van der Waals surface area (Å²) in [4.78, 5) is 12.9. The Morgan fingerprint density at radius 3 is 2.70 bits per heavy atom. The van der Waals surface area contributed by atoms with Crippen LogP contribution in [0.15, 0.2) is 53.9 Å². The highest BCUT2D eigenvalue weighted by molar-refractivity contribution is 7.12. The standard InChI is InChI=1S/C22H20FNO2S/c23-19-7-4-15(5-8-19)12-24-22(25)21-10-16(14-27-21)13-26-20-9-6-17-2-1-3-18(17)11-20/h4-11,14H,1-3,12-13H2,(H,24,25). The lowest BCUT2D eigenvalue weighted by Gasteiger charge is -2.07. The molecule has 3 nitrogen and oxygen atoms in total. The summed E-state index contributed by atoms with van der Waals surface area (Å²) in [6.07, 6.45) is 3.51. The predicted molar refractivity (Wildman–Crippen MR) is 105 cm³/mol. The molecule has 1 heterocycles. The second kappa shape index (κ2) is 7.92. The van der Waals surface area contributed by atoms with Gasteiger partial charge < -0.3 is 10.1 Å². The molecule has 0 spiro atoms. The minimum absolute atomic E-state index is 0.131. The number of halogens is 1. The van der Waals surface area contributed by atoms with Gasteiger partial charge in [0.05, 0.1) is 4.88 Å². The van der Waals surface area contributed by atoms with E-state index < -0.39 is 0 Å². The third-order valence-corrected chi connectivity index (χ3v) is 5.70. The van der Waals surface area contributed by atoms with Gasteiger partial charge in [0, 0.05) is 12.1 Å². The second-order valence-electron chi connectivity index (χ2n) is 6.70. The minimum Gasteiger partial charge on any atom is -0.489 e. The van der Waals surface area contributed by atoms with Gasteiger partial charge in [0.2, 0.25) is 0 Å². The summed E-state index contributed by atoms with van der Waals surface area (Å²) in [5, 5.41) is 4.80. The Hall–Kier alpha value is -2.66. The molecule has 1 aliphatic rings. The molecule has 0 bridgehead atoms. The average Bonchev–Trinajstić information content (AvgIpc) is 3.34. The molecule has 0 saturated carbocycles. The van der Waals surface area contributed by atoms with Gasteiger partial charge in [-0.25, -0.2) is 4.39 Å². The Bertz CT molecular complexity index is 949. The third-order valence-electron chi connectivity index (χ3n) is 4.72. The molecular weight excluding hydrogens is 361 g/mol. The Labute approximate surface area is 161 Å². The van der Waals surface area contributed by atoms with Crippen molar-refractivity contribution >= 4 is 17.2 Å². The number of nitrogens with one attached hydrogen (secondary N) is 1. The summed E-state index contributed by atoms with van der Waals surface area (Å²) in [5.41, 5.74) is 4.66. The van der Waals surface area contributed by atoms with Crippen LogP contribution in [0, 0.1) is 5.82 Å². The van der Waals surface area contributed by atoms with Gasteiger partial charge in [-0.3, -0.25) is 4.79 Å². The molecular formula is C22H20FNO2S. The smallest absolute Gasteiger partial charge is 0.261 e. The summed E-state index contributed by atoms with van der Waals surface area (Å²) in [5.74, 6) is 0.466. The van der Waals surface area contributed by atoms with E-state index in [1.807, 2.05) is 17.5 Å². The van der Waals surface area contributed by atoms with Crippen LogP contribution >= 0.6 is 11.3 Å². The summed E-state index contributed by atoms with van der Waals surface area (Å²) in [7, 11) is 0. The number of rotatable bonds is 6. The lowest BCUT2D eigenvalue weighted by molar-refractivity contribution is 0.0955. The average molecular weight is 381 g/mol. The van der Waals surface area contributed by atoms with E-state index >= 15 is 0 Å². The summed E-state index contributed by atoms with van der Waals surface area (Å²) < 4.78 is 18.8. The summed E-state index contributed by atoms with van der Waals surface area (Å²) in [6, 6.07) is 14.3. The highest BCUT2D eigenvalue weighted by atomic mass is 32.1. The molecule has 0 fully saturated rings. The number of carbonyl (C=O) groups excluding carboxylic acids is 1. The Kier molecular flexibility index (Phi) is 5.21. The van der Waals surface area contributed by atoms with Gasteiger partial charge in [0.1, 0.15) is 18.2 Å². The fourth-order valence-corrected chi connectivity index (χ4v) is 4.06. The number of thiophene rings is 1. The van der Waals surface area contributed by atoms with Gasteiger partial charge in [0.15, 0.2) is 0 Å². The molecule has 27 heavy (non-hydrogen) atoms. The van der Waals surface area contributed by atoms with E-state index in [0.717, 1.165) is 29.7 Å². The monoisotopic (exact) mass is 381 g/mol. The van der Waals surface area contributed by atoms with Crippen molar-refractivity contribution in [3.8, 4) is 5.75 Å². The zero-order chi connectivity index (χ0) is 18.6. The Balaban J connectivity index is 1.31. The van der Waals surface area contributed by atoms with Crippen molar-refractivity contribution in [2.24, 2.45) is 0 Å². The molecule has 3 aromatic rings. The fraction of sp³-hybridized carbons (Fsp3) is 0.227. The van der Waals surface area contributed by atoms with Crippen LogP contribution < -0.4 is 10.1 Å². The molecule has 0 radical (unpaired) electrons. The molecule has 1 amide bonds. The maximum atomic E-state index is 12.9. The molecule has 0 unspecified atom stereocenters. The van der Waals surface area contributed by atoms with Gasteiger partial charge >= 0.3 is 0 Å². The van der Waals surface area contributed by atoms with Gasteiger partial charge in [0.25, 0.3) is 5.91 Å². The van der Waals surface area contributed by atoms with Crippen LogP contribution in [0.25, 0.3) is 0 Å². The molecule has 4 rings (SSSR count). The summed E-state index contributed by atoms with van der Waals surface area (Å²) in [6.45, 7) is 0.818. The van der Waals surface area contributed by atoms with E-state index in [4.69, 9.17) is 4.74 Å². The van der Waals surface area contributed by atoms with E-state index in [-0.39, 0.29) is 11.7 Å². The highest BCUT2D eigenvalue weighted by Gasteiger charge is 2.12. The van der Waals surface area contributed by atoms with E-state index in [0.29, 0.717) is 18.0 Å². The third kappa shape index (κ3) is 4.37. The number of hydrogen-bond acceptors (Lipinski definition) is 3. The van der Waals surface area contributed by atoms with Crippen LogP contribution in [-0.4, -0.2) is 5.91 Å². The zero-order valence-corrected chi connectivity index (χ0v) is 15.7. The van der Waals surface area contributed by atoms with Crippen molar-refractivity contribution in [2.75, 3.05) is 0 Å². The maximum Gasteiger partial charge on any atom is 0.261 e. The normalized spacial score (nSPS) is 12.6. The van der Waals surface area contributed by atoms with Crippen LogP contribution in [0.2, 0.25) is 0 Å². The lowest BCUT2D eigenvalue weighted by atomic mass is 10.1. The molecule has 1 aliphatic carbocycles. The zero-order valence-electron chi connectivity index (χ0n) is 14.8. The largest absolute Gasteiger partial charge is 0.489 e. The van der Waals surface area contributed by atoms with Crippen molar-refractivity contribution in [3.05, 3.63) is 86.9 Å². The highest BCUT2D eigenvalue weighted by Crippen LogP contribution is 2.26. The molecule has 0 saturated heterocycles. The van der Waals surface area contributed by atoms with Crippen molar-refractivity contribution in [2.45, 2.75) is 32.4 Å². The van der Waals surface area contributed by atoms with Crippen LogP contribution in [0.4, 0.5) is 4.39 Å². The lowest BCUT2D eigenvalue weighted by Crippen LogP contribution is -2.21. The molecule has 0 atom stereocenters. The van der Waals surface area contributed by atoms with E-state index in [2.05, 4.69) is 17.4 Å². The molecule has 2 aromatic carbocycles. The molecule has 0 aliphatic heterocycles.